The number of amides is 2. The molecule has 0 saturated heterocycles. The maximum Gasteiger partial charge on any atom is 0.251 e. The second-order valence-electron chi connectivity index (χ2n) is 7.23. The van der Waals surface area contributed by atoms with Gasteiger partial charge >= 0.3 is 0 Å². The Morgan fingerprint density at radius 2 is 1.75 bits per heavy atom. The van der Waals surface area contributed by atoms with Gasteiger partial charge in [0.15, 0.2) is 0 Å². The van der Waals surface area contributed by atoms with Crippen LogP contribution in [0.1, 0.15) is 36.2 Å². The van der Waals surface area contributed by atoms with E-state index in [9.17, 15) is 9.59 Å². The quantitative estimate of drug-likeness (QED) is 0.739. The van der Waals surface area contributed by atoms with Crippen molar-refractivity contribution in [3.05, 3.63) is 53.6 Å². The molecule has 3 N–H and O–H groups in total. The summed E-state index contributed by atoms with van der Waals surface area (Å²) in [5.74, 6) is -0.281. The van der Waals surface area contributed by atoms with E-state index >= 15 is 0 Å². The SMILES string of the molecule is CC(=O)N1c2ccc(-c3ccc(C(=O)NC(CO)CO)cc3)cc2CC[C@@H]1C. The van der Waals surface area contributed by atoms with Crippen molar-refractivity contribution < 1.29 is 19.8 Å². The fraction of sp³-hybridized carbons (Fsp3) is 0.364. The van der Waals surface area contributed by atoms with Gasteiger partial charge in [-0.15, -0.1) is 0 Å². The highest BCUT2D eigenvalue weighted by Crippen LogP contribution is 2.34. The monoisotopic (exact) mass is 382 g/mol. The third kappa shape index (κ3) is 4.08. The molecule has 2 amide bonds. The molecule has 2 aromatic rings. The molecule has 2 aromatic carbocycles. The van der Waals surface area contributed by atoms with Crippen LogP contribution in [-0.2, 0) is 11.2 Å². The van der Waals surface area contributed by atoms with Crippen LogP contribution in [0.2, 0.25) is 0 Å². The van der Waals surface area contributed by atoms with E-state index < -0.39 is 6.04 Å². The Kier molecular flexibility index (Phi) is 6.11. The molecule has 0 unspecified atom stereocenters. The topological polar surface area (TPSA) is 89.9 Å². The average molecular weight is 382 g/mol. The molecule has 0 bridgehead atoms. The number of nitrogens with one attached hydrogen (secondary N) is 1. The number of hydrogen-bond donors (Lipinski definition) is 3. The predicted octanol–water partition coefficient (Wildman–Crippen LogP) is 2.12. The van der Waals surface area contributed by atoms with Crippen LogP contribution in [0, 0.1) is 0 Å². The van der Waals surface area contributed by atoms with Gasteiger partial charge in [0.2, 0.25) is 5.91 Å². The first-order valence-corrected chi connectivity index (χ1v) is 9.50. The second-order valence-corrected chi connectivity index (χ2v) is 7.23. The van der Waals surface area contributed by atoms with Crippen LogP contribution in [0.3, 0.4) is 0 Å². The molecule has 1 aliphatic heterocycles. The summed E-state index contributed by atoms with van der Waals surface area (Å²) in [4.78, 5) is 26.0. The highest BCUT2D eigenvalue weighted by Gasteiger charge is 2.26. The van der Waals surface area contributed by atoms with Crippen LogP contribution >= 0.6 is 0 Å². The fourth-order valence-corrected chi connectivity index (χ4v) is 3.64. The number of fused-ring (bicyclic) bond motifs is 1. The Balaban J connectivity index is 1.81. The van der Waals surface area contributed by atoms with Gasteiger partial charge in [-0.25, -0.2) is 0 Å². The Morgan fingerprint density at radius 1 is 1.11 bits per heavy atom. The molecule has 6 heteroatoms. The number of carbonyl (C=O) groups excluding carboxylic acids is 2. The van der Waals surface area contributed by atoms with Crippen molar-refractivity contribution in [3.8, 4) is 11.1 Å². The van der Waals surface area contributed by atoms with Gasteiger partial charge in [-0.05, 0) is 60.7 Å². The second kappa shape index (κ2) is 8.54. The lowest BCUT2D eigenvalue weighted by Crippen LogP contribution is -2.40. The molecule has 6 nitrogen and oxygen atoms in total. The molecule has 1 atom stereocenters. The minimum Gasteiger partial charge on any atom is -0.394 e. The van der Waals surface area contributed by atoms with E-state index in [0.29, 0.717) is 5.56 Å². The first kappa shape index (κ1) is 20.0. The van der Waals surface area contributed by atoms with E-state index in [-0.39, 0.29) is 31.1 Å². The van der Waals surface area contributed by atoms with Gasteiger partial charge in [-0.3, -0.25) is 9.59 Å². The molecule has 148 valence electrons. The van der Waals surface area contributed by atoms with E-state index in [1.165, 1.54) is 0 Å². The van der Waals surface area contributed by atoms with Crippen LogP contribution in [0.4, 0.5) is 5.69 Å². The normalized spacial score (nSPS) is 16.0. The molecule has 1 heterocycles. The number of aryl methyl sites for hydroxylation is 1. The number of benzene rings is 2. The van der Waals surface area contributed by atoms with Crippen LogP contribution in [0.5, 0.6) is 0 Å². The van der Waals surface area contributed by atoms with E-state index in [2.05, 4.69) is 18.3 Å². The van der Waals surface area contributed by atoms with Crippen molar-refractivity contribution in [2.45, 2.75) is 38.8 Å². The summed E-state index contributed by atoms with van der Waals surface area (Å²) < 4.78 is 0. The Morgan fingerprint density at radius 3 is 2.36 bits per heavy atom. The van der Waals surface area contributed by atoms with Crippen LogP contribution in [0.15, 0.2) is 42.5 Å². The van der Waals surface area contributed by atoms with Crippen molar-refractivity contribution in [1.29, 1.82) is 0 Å². The molecule has 0 spiro atoms. The first-order chi connectivity index (χ1) is 13.4. The van der Waals surface area contributed by atoms with Crippen molar-refractivity contribution >= 4 is 17.5 Å². The number of anilines is 1. The van der Waals surface area contributed by atoms with Gasteiger partial charge in [0.1, 0.15) is 0 Å². The van der Waals surface area contributed by atoms with E-state index in [0.717, 1.165) is 35.2 Å². The lowest BCUT2D eigenvalue weighted by molar-refractivity contribution is -0.117. The molecule has 1 aliphatic rings. The minimum absolute atomic E-state index is 0.0561. The lowest BCUT2D eigenvalue weighted by atomic mass is 9.93. The smallest absolute Gasteiger partial charge is 0.251 e. The predicted molar refractivity (Wildman–Crippen MR) is 108 cm³/mol. The van der Waals surface area contributed by atoms with Crippen LogP contribution in [-0.4, -0.2) is 47.3 Å². The van der Waals surface area contributed by atoms with Crippen LogP contribution in [0.25, 0.3) is 11.1 Å². The number of carbonyl (C=O) groups is 2. The summed E-state index contributed by atoms with van der Waals surface area (Å²) in [6.07, 6.45) is 1.87. The maximum absolute atomic E-state index is 12.2. The van der Waals surface area contributed by atoms with Crippen molar-refractivity contribution in [2.75, 3.05) is 18.1 Å². The number of aliphatic hydroxyl groups is 2. The molecule has 3 rings (SSSR count). The molecule has 0 saturated carbocycles. The number of aliphatic hydroxyl groups excluding tert-OH is 2. The summed E-state index contributed by atoms with van der Waals surface area (Å²) in [5.41, 5.74) is 4.61. The maximum atomic E-state index is 12.2. The highest BCUT2D eigenvalue weighted by atomic mass is 16.3. The van der Waals surface area contributed by atoms with Gasteiger partial charge < -0.3 is 20.4 Å². The fourth-order valence-electron chi connectivity index (χ4n) is 3.64. The molecule has 0 fully saturated rings. The van der Waals surface area contributed by atoms with Gasteiger partial charge in [0, 0.05) is 24.2 Å². The Labute approximate surface area is 164 Å². The largest absolute Gasteiger partial charge is 0.394 e. The number of nitrogens with zero attached hydrogens (tertiary/aromatic N) is 1. The zero-order valence-electron chi connectivity index (χ0n) is 16.2. The molecule has 0 aromatic heterocycles. The average Bonchev–Trinajstić information content (AvgIpc) is 2.71. The molecule has 0 aliphatic carbocycles. The molecular weight excluding hydrogens is 356 g/mol. The minimum atomic E-state index is -0.667. The van der Waals surface area contributed by atoms with Crippen molar-refractivity contribution in [2.24, 2.45) is 0 Å². The summed E-state index contributed by atoms with van der Waals surface area (Å²) in [6.45, 7) is 3.04. The molecule has 0 radical (unpaired) electrons. The van der Waals surface area contributed by atoms with E-state index in [1.54, 1.807) is 19.1 Å². The third-order valence-corrected chi connectivity index (χ3v) is 5.21. The lowest BCUT2D eigenvalue weighted by Gasteiger charge is -2.34. The van der Waals surface area contributed by atoms with Gasteiger partial charge in [-0.2, -0.15) is 0 Å². The standard InChI is InChI=1S/C22H26N2O4/c1-14-3-4-19-11-18(9-10-21(19)24(14)15(2)27)16-5-7-17(8-6-16)22(28)23-20(12-25)13-26/h5-11,14,20,25-26H,3-4,12-13H2,1-2H3,(H,23,28)/t14-/m0/s1. The summed E-state index contributed by atoms with van der Waals surface area (Å²) in [7, 11) is 0. The summed E-state index contributed by atoms with van der Waals surface area (Å²) >= 11 is 0. The molecule has 28 heavy (non-hydrogen) atoms. The Bertz CT molecular complexity index is 859. The highest BCUT2D eigenvalue weighted by molar-refractivity contribution is 5.95. The zero-order chi connectivity index (χ0) is 20.3. The molecular formula is C22H26N2O4. The van der Waals surface area contributed by atoms with Gasteiger partial charge in [0.05, 0.1) is 19.3 Å². The first-order valence-electron chi connectivity index (χ1n) is 9.50. The zero-order valence-corrected chi connectivity index (χ0v) is 16.2. The van der Waals surface area contributed by atoms with Crippen molar-refractivity contribution in [3.63, 3.8) is 0 Å². The number of rotatable bonds is 5. The Hall–Kier alpha value is -2.70. The number of hydrogen-bond acceptors (Lipinski definition) is 4. The van der Waals surface area contributed by atoms with Crippen molar-refractivity contribution in [1.82, 2.24) is 5.32 Å². The summed E-state index contributed by atoms with van der Waals surface area (Å²) in [5, 5.41) is 20.7. The van der Waals surface area contributed by atoms with E-state index in [1.807, 2.05) is 29.2 Å². The third-order valence-electron chi connectivity index (χ3n) is 5.21. The van der Waals surface area contributed by atoms with E-state index in [4.69, 9.17) is 10.2 Å². The van der Waals surface area contributed by atoms with Gasteiger partial charge in [0.25, 0.3) is 5.91 Å². The van der Waals surface area contributed by atoms with Crippen LogP contribution < -0.4 is 10.2 Å². The van der Waals surface area contributed by atoms with Gasteiger partial charge in [-0.1, -0.05) is 18.2 Å². The summed E-state index contributed by atoms with van der Waals surface area (Å²) in [6, 6.07) is 12.8.